The van der Waals surface area contributed by atoms with E-state index in [1.165, 1.54) is 24.0 Å². The predicted octanol–water partition coefficient (Wildman–Crippen LogP) is 5.45. The summed E-state index contributed by atoms with van der Waals surface area (Å²) in [6.45, 7) is 16.4. The summed E-state index contributed by atoms with van der Waals surface area (Å²) in [5, 5.41) is 0. The molecule has 1 aliphatic rings. The van der Waals surface area contributed by atoms with Crippen LogP contribution in [0.4, 0.5) is 5.69 Å². The fourth-order valence-corrected chi connectivity index (χ4v) is 3.27. The molecule has 0 saturated heterocycles. The molecule has 23 heavy (non-hydrogen) atoms. The SMILES string of the molecule is [C-]#[N+]c1cc[c-]c(-c2cc3c(cn2)C(C)(C)CCC3(C)C)c1.[Ir]. The summed E-state index contributed by atoms with van der Waals surface area (Å²) < 4.78 is 0. The first kappa shape index (κ1) is 17.9. The van der Waals surface area contributed by atoms with Gasteiger partial charge in [-0.05, 0) is 40.5 Å². The van der Waals surface area contributed by atoms with Crippen molar-refractivity contribution in [3.05, 3.63) is 59.1 Å². The third-order valence-electron chi connectivity index (χ3n) is 4.93. The zero-order chi connectivity index (χ0) is 16.0. The summed E-state index contributed by atoms with van der Waals surface area (Å²) in [5.74, 6) is 0. The van der Waals surface area contributed by atoms with Crippen molar-refractivity contribution in [2.75, 3.05) is 0 Å². The Labute approximate surface area is 152 Å². The first-order chi connectivity index (χ1) is 10.3. The maximum atomic E-state index is 7.16. The number of nitrogens with zero attached hydrogens (tertiary/aromatic N) is 2. The van der Waals surface area contributed by atoms with Gasteiger partial charge in [-0.15, -0.1) is 23.8 Å². The number of hydrogen-bond acceptors (Lipinski definition) is 1. The van der Waals surface area contributed by atoms with E-state index in [9.17, 15) is 0 Å². The van der Waals surface area contributed by atoms with E-state index < -0.39 is 0 Å². The third-order valence-corrected chi connectivity index (χ3v) is 4.93. The molecule has 1 heterocycles. The minimum Gasteiger partial charge on any atom is -0.304 e. The molecule has 0 aliphatic heterocycles. The van der Waals surface area contributed by atoms with Crippen LogP contribution in [0.25, 0.3) is 16.1 Å². The Morgan fingerprint density at radius 2 is 1.74 bits per heavy atom. The van der Waals surface area contributed by atoms with E-state index in [0.29, 0.717) is 5.69 Å². The van der Waals surface area contributed by atoms with Gasteiger partial charge in [-0.25, -0.2) is 0 Å². The molecule has 0 atom stereocenters. The maximum absolute atomic E-state index is 7.16. The summed E-state index contributed by atoms with van der Waals surface area (Å²) in [5.41, 5.74) is 5.53. The van der Waals surface area contributed by atoms with Gasteiger partial charge in [0.25, 0.3) is 0 Å². The van der Waals surface area contributed by atoms with Crippen LogP contribution in [0.3, 0.4) is 0 Å². The van der Waals surface area contributed by atoms with Crippen LogP contribution >= 0.6 is 0 Å². The van der Waals surface area contributed by atoms with Crippen LogP contribution < -0.4 is 0 Å². The zero-order valence-electron chi connectivity index (χ0n) is 14.0. The Bertz CT molecular complexity index is 769. The summed E-state index contributed by atoms with van der Waals surface area (Å²) in [6.07, 6.45) is 4.40. The van der Waals surface area contributed by atoms with Crippen LogP contribution in [0.1, 0.15) is 51.7 Å². The van der Waals surface area contributed by atoms with Gasteiger partial charge in [0.1, 0.15) is 5.69 Å². The van der Waals surface area contributed by atoms with E-state index in [4.69, 9.17) is 6.57 Å². The topological polar surface area (TPSA) is 17.2 Å². The molecule has 0 amide bonds. The average Bonchev–Trinajstić information content (AvgIpc) is 2.52. The molecule has 1 aromatic heterocycles. The molecule has 0 bridgehead atoms. The van der Waals surface area contributed by atoms with Crippen LogP contribution in [0.5, 0.6) is 0 Å². The number of aromatic nitrogens is 1. The monoisotopic (exact) mass is 482 g/mol. The minimum atomic E-state index is 0. The van der Waals surface area contributed by atoms with E-state index in [2.05, 4.69) is 49.7 Å². The van der Waals surface area contributed by atoms with Gasteiger partial charge in [0, 0.05) is 26.3 Å². The molecule has 0 N–H and O–H groups in total. The first-order valence-corrected chi connectivity index (χ1v) is 7.74. The standard InChI is InChI=1S/C20H21N2.Ir/c1-19(2)9-10-20(3,4)17-13-22-18(12-16(17)19)14-7-6-8-15(11-14)21-5;/h6,8,11-13H,9-10H2,1-4H3;/q-1;. The van der Waals surface area contributed by atoms with Gasteiger partial charge in [-0.1, -0.05) is 33.8 Å². The molecule has 3 rings (SSSR count). The van der Waals surface area contributed by atoms with Crippen molar-refractivity contribution in [2.45, 2.75) is 51.4 Å². The third kappa shape index (κ3) is 3.25. The van der Waals surface area contributed by atoms with Gasteiger partial charge in [0.2, 0.25) is 0 Å². The van der Waals surface area contributed by atoms with Crippen LogP contribution in [0, 0.1) is 12.6 Å². The van der Waals surface area contributed by atoms with E-state index in [0.717, 1.165) is 11.3 Å². The zero-order valence-corrected chi connectivity index (χ0v) is 16.4. The summed E-state index contributed by atoms with van der Waals surface area (Å²) in [7, 11) is 0. The molecule has 0 unspecified atom stereocenters. The smallest absolute Gasteiger partial charge is 0.108 e. The Morgan fingerprint density at radius 1 is 1.09 bits per heavy atom. The quantitative estimate of drug-likeness (QED) is 0.496. The molecule has 2 nitrogen and oxygen atoms in total. The van der Waals surface area contributed by atoms with E-state index >= 15 is 0 Å². The number of fused-ring (bicyclic) bond motifs is 1. The Morgan fingerprint density at radius 3 is 2.39 bits per heavy atom. The molecule has 1 aromatic carbocycles. The Kier molecular flexibility index (Phi) is 4.81. The van der Waals surface area contributed by atoms with Gasteiger partial charge >= 0.3 is 0 Å². The summed E-state index contributed by atoms with van der Waals surface area (Å²) in [6, 6.07) is 10.9. The molecule has 3 heteroatoms. The second-order valence-electron chi connectivity index (χ2n) is 7.46. The van der Waals surface area contributed by atoms with Crippen molar-refractivity contribution in [1.29, 1.82) is 0 Å². The number of pyridine rings is 1. The van der Waals surface area contributed by atoms with Gasteiger partial charge in [0.05, 0.1) is 6.57 Å². The summed E-state index contributed by atoms with van der Waals surface area (Å²) in [4.78, 5) is 8.16. The van der Waals surface area contributed by atoms with Crippen molar-refractivity contribution in [3.63, 3.8) is 0 Å². The van der Waals surface area contributed by atoms with Gasteiger partial charge in [-0.3, -0.25) is 4.85 Å². The fourth-order valence-electron chi connectivity index (χ4n) is 3.27. The Balaban J connectivity index is 0.00000192. The number of rotatable bonds is 1. The molecule has 121 valence electrons. The predicted molar refractivity (Wildman–Crippen MR) is 90.1 cm³/mol. The Hall–Kier alpha value is -1.49. The van der Waals surface area contributed by atoms with Crippen LogP contribution in [0.15, 0.2) is 30.5 Å². The second kappa shape index (κ2) is 6.19. The van der Waals surface area contributed by atoms with E-state index in [1.807, 2.05) is 12.3 Å². The number of benzene rings is 1. The molecule has 1 aliphatic carbocycles. The molecule has 0 spiro atoms. The van der Waals surface area contributed by atoms with E-state index in [1.54, 1.807) is 12.1 Å². The minimum absolute atomic E-state index is 0. The molecule has 0 saturated carbocycles. The number of hydrogen-bond donors (Lipinski definition) is 0. The van der Waals surface area contributed by atoms with Crippen molar-refractivity contribution >= 4 is 5.69 Å². The average molecular weight is 482 g/mol. The van der Waals surface area contributed by atoms with Crippen LogP contribution in [-0.4, -0.2) is 4.98 Å². The second-order valence-corrected chi connectivity index (χ2v) is 7.46. The molecular weight excluding hydrogens is 460 g/mol. The maximum Gasteiger partial charge on any atom is 0.108 e. The molecule has 2 aromatic rings. The van der Waals surface area contributed by atoms with Crippen LogP contribution in [0.2, 0.25) is 0 Å². The normalized spacial score (nSPS) is 17.5. The van der Waals surface area contributed by atoms with Crippen molar-refractivity contribution in [1.82, 2.24) is 4.98 Å². The van der Waals surface area contributed by atoms with Crippen LogP contribution in [-0.2, 0) is 30.9 Å². The summed E-state index contributed by atoms with van der Waals surface area (Å²) >= 11 is 0. The first-order valence-electron chi connectivity index (χ1n) is 7.74. The largest absolute Gasteiger partial charge is 0.304 e. The van der Waals surface area contributed by atoms with Crippen molar-refractivity contribution < 1.29 is 20.1 Å². The van der Waals surface area contributed by atoms with E-state index in [-0.39, 0.29) is 30.9 Å². The molecule has 1 radical (unpaired) electrons. The van der Waals surface area contributed by atoms with Crippen molar-refractivity contribution in [2.24, 2.45) is 0 Å². The molecule has 0 fully saturated rings. The van der Waals surface area contributed by atoms with Gasteiger partial charge in [0.15, 0.2) is 0 Å². The van der Waals surface area contributed by atoms with Gasteiger partial charge in [-0.2, -0.15) is 6.07 Å². The fraction of sp³-hybridized carbons (Fsp3) is 0.400. The van der Waals surface area contributed by atoms with Crippen molar-refractivity contribution in [3.8, 4) is 11.3 Å². The van der Waals surface area contributed by atoms with Gasteiger partial charge < -0.3 is 4.98 Å². The molecular formula is C20H21IrN2-.